The Morgan fingerprint density at radius 2 is 1.85 bits per heavy atom. The van der Waals surface area contributed by atoms with Crippen LogP contribution in [0.5, 0.6) is 0 Å². The van der Waals surface area contributed by atoms with Crippen molar-refractivity contribution >= 4 is 0 Å². The molecule has 1 aromatic carbocycles. The Kier molecular flexibility index (Phi) is 3.62. The van der Waals surface area contributed by atoms with Crippen LogP contribution in [0.4, 0.5) is 0 Å². The highest BCUT2D eigenvalue weighted by molar-refractivity contribution is 5.32. The molecule has 0 aliphatic heterocycles. The number of benzene rings is 1. The van der Waals surface area contributed by atoms with Crippen LogP contribution in [0.25, 0.3) is 0 Å². The van der Waals surface area contributed by atoms with Gasteiger partial charge in [-0.15, -0.1) is 0 Å². The summed E-state index contributed by atoms with van der Waals surface area (Å²) in [5, 5.41) is 14.7. The minimum absolute atomic E-state index is 0.317. The maximum absolute atomic E-state index is 10.4. The summed E-state index contributed by atoms with van der Waals surface area (Å²) < 4.78 is 1.88. The highest BCUT2D eigenvalue weighted by atomic mass is 16.3. The normalized spacial score (nSPS) is 17.2. The van der Waals surface area contributed by atoms with Crippen LogP contribution in [0.3, 0.4) is 0 Å². The minimum Gasteiger partial charge on any atom is -0.384 e. The van der Waals surface area contributed by atoms with Crippen LogP contribution in [0.15, 0.2) is 36.7 Å². The number of aliphatic hydroxyl groups is 1. The van der Waals surface area contributed by atoms with Crippen molar-refractivity contribution in [1.29, 1.82) is 0 Å². The molecule has 106 valence electrons. The predicted molar refractivity (Wildman–Crippen MR) is 79.7 cm³/mol. The third-order valence-corrected chi connectivity index (χ3v) is 4.30. The first-order valence-corrected chi connectivity index (χ1v) is 7.47. The third kappa shape index (κ3) is 2.50. The van der Waals surface area contributed by atoms with E-state index in [0.29, 0.717) is 6.04 Å². The Bertz CT molecular complexity index is 567. The lowest BCUT2D eigenvalue weighted by Crippen LogP contribution is -2.08. The second-order valence-corrected chi connectivity index (χ2v) is 6.04. The average molecular weight is 270 g/mol. The molecule has 1 aliphatic carbocycles. The molecule has 2 aromatic rings. The molecular formula is C17H22N2O. The number of rotatable bonds is 4. The zero-order valence-corrected chi connectivity index (χ0v) is 12.2. The highest BCUT2D eigenvalue weighted by Gasteiger charge is 2.20. The molecule has 1 heterocycles. The van der Waals surface area contributed by atoms with Gasteiger partial charge in [-0.05, 0) is 43.7 Å². The van der Waals surface area contributed by atoms with Crippen LogP contribution in [-0.2, 0) is 0 Å². The molecule has 1 unspecified atom stereocenters. The monoisotopic (exact) mass is 270 g/mol. The molecule has 1 atom stereocenters. The van der Waals surface area contributed by atoms with Crippen molar-refractivity contribution in [3.8, 4) is 0 Å². The van der Waals surface area contributed by atoms with Crippen molar-refractivity contribution in [2.45, 2.75) is 51.2 Å². The van der Waals surface area contributed by atoms with Gasteiger partial charge in [0.1, 0.15) is 6.10 Å². The molecular weight excluding hydrogens is 248 g/mol. The molecule has 3 rings (SSSR count). The first-order chi connectivity index (χ1) is 9.65. The standard InChI is InChI=1S/C17H22N2O/c1-12(2)19-11-16(10-18-19)17(20)15-8-6-14(7-9-15)13-4-3-5-13/h6-13,17,20H,3-5H2,1-2H3. The maximum Gasteiger partial charge on any atom is 0.107 e. The topological polar surface area (TPSA) is 38.0 Å². The third-order valence-electron chi connectivity index (χ3n) is 4.30. The van der Waals surface area contributed by atoms with Gasteiger partial charge >= 0.3 is 0 Å². The van der Waals surface area contributed by atoms with E-state index in [0.717, 1.165) is 17.0 Å². The van der Waals surface area contributed by atoms with Crippen LogP contribution in [0.2, 0.25) is 0 Å². The first-order valence-electron chi connectivity index (χ1n) is 7.47. The largest absolute Gasteiger partial charge is 0.384 e. The van der Waals surface area contributed by atoms with E-state index in [-0.39, 0.29) is 0 Å². The van der Waals surface area contributed by atoms with Crippen LogP contribution in [0, 0.1) is 0 Å². The van der Waals surface area contributed by atoms with Crippen LogP contribution >= 0.6 is 0 Å². The molecule has 0 spiro atoms. The van der Waals surface area contributed by atoms with E-state index in [1.807, 2.05) is 23.0 Å². The van der Waals surface area contributed by atoms with Crippen molar-refractivity contribution in [2.75, 3.05) is 0 Å². The van der Waals surface area contributed by atoms with Gasteiger partial charge in [0.2, 0.25) is 0 Å². The van der Waals surface area contributed by atoms with Gasteiger partial charge in [0.25, 0.3) is 0 Å². The number of hydrogen-bond acceptors (Lipinski definition) is 2. The summed E-state index contributed by atoms with van der Waals surface area (Å²) in [7, 11) is 0. The van der Waals surface area contributed by atoms with Gasteiger partial charge in [0, 0.05) is 17.8 Å². The molecule has 1 aromatic heterocycles. The lowest BCUT2D eigenvalue weighted by atomic mass is 9.80. The predicted octanol–water partition coefficient (Wildman–Crippen LogP) is 3.81. The van der Waals surface area contributed by atoms with Gasteiger partial charge in [0.15, 0.2) is 0 Å². The van der Waals surface area contributed by atoms with E-state index in [2.05, 4.69) is 31.1 Å². The molecule has 1 aliphatic rings. The lowest BCUT2D eigenvalue weighted by Gasteiger charge is -2.26. The molecule has 3 nitrogen and oxygen atoms in total. The quantitative estimate of drug-likeness (QED) is 0.917. The van der Waals surface area contributed by atoms with Crippen LogP contribution < -0.4 is 0 Å². The zero-order valence-electron chi connectivity index (χ0n) is 12.2. The van der Waals surface area contributed by atoms with Crippen molar-refractivity contribution in [3.05, 3.63) is 53.3 Å². The fourth-order valence-electron chi connectivity index (χ4n) is 2.66. The molecule has 20 heavy (non-hydrogen) atoms. The minimum atomic E-state index is -0.585. The van der Waals surface area contributed by atoms with Gasteiger partial charge in [-0.3, -0.25) is 4.68 Å². The second kappa shape index (κ2) is 5.41. The Balaban J connectivity index is 1.76. The van der Waals surface area contributed by atoms with Crippen molar-refractivity contribution in [2.24, 2.45) is 0 Å². The number of aliphatic hydroxyl groups excluding tert-OH is 1. The Hall–Kier alpha value is -1.61. The summed E-state index contributed by atoms with van der Waals surface area (Å²) >= 11 is 0. The molecule has 0 saturated heterocycles. The van der Waals surface area contributed by atoms with Crippen molar-refractivity contribution in [1.82, 2.24) is 9.78 Å². The van der Waals surface area contributed by atoms with E-state index >= 15 is 0 Å². The molecule has 0 bridgehead atoms. The summed E-state index contributed by atoms with van der Waals surface area (Å²) in [6.45, 7) is 4.16. The maximum atomic E-state index is 10.4. The smallest absolute Gasteiger partial charge is 0.107 e. The average Bonchev–Trinajstić information content (AvgIpc) is 2.86. The Morgan fingerprint density at radius 3 is 2.35 bits per heavy atom. The summed E-state index contributed by atoms with van der Waals surface area (Å²) in [5.41, 5.74) is 3.21. The second-order valence-electron chi connectivity index (χ2n) is 6.04. The van der Waals surface area contributed by atoms with Crippen LogP contribution in [0.1, 0.15) is 67.9 Å². The van der Waals surface area contributed by atoms with Gasteiger partial charge in [-0.1, -0.05) is 30.7 Å². The van der Waals surface area contributed by atoms with Gasteiger partial charge in [-0.25, -0.2) is 0 Å². The number of hydrogen-bond donors (Lipinski definition) is 1. The van der Waals surface area contributed by atoms with Gasteiger partial charge < -0.3 is 5.11 Å². The van der Waals surface area contributed by atoms with E-state index in [1.165, 1.54) is 24.8 Å². The van der Waals surface area contributed by atoms with E-state index in [1.54, 1.807) is 6.20 Å². The highest BCUT2D eigenvalue weighted by Crippen LogP contribution is 2.36. The summed E-state index contributed by atoms with van der Waals surface area (Å²) in [4.78, 5) is 0. The van der Waals surface area contributed by atoms with Gasteiger partial charge in [0.05, 0.1) is 6.20 Å². The Morgan fingerprint density at radius 1 is 1.15 bits per heavy atom. The fourth-order valence-corrected chi connectivity index (χ4v) is 2.66. The van der Waals surface area contributed by atoms with Crippen molar-refractivity contribution < 1.29 is 5.11 Å². The SMILES string of the molecule is CC(C)n1cc(C(O)c2ccc(C3CCC3)cc2)cn1. The van der Waals surface area contributed by atoms with Crippen LogP contribution in [-0.4, -0.2) is 14.9 Å². The summed E-state index contributed by atoms with van der Waals surface area (Å²) in [6, 6.07) is 8.73. The molecule has 1 saturated carbocycles. The molecule has 1 N–H and O–H groups in total. The summed E-state index contributed by atoms with van der Waals surface area (Å²) in [5.74, 6) is 0.741. The number of nitrogens with zero attached hydrogens (tertiary/aromatic N) is 2. The lowest BCUT2D eigenvalue weighted by molar-refractivity contribution is 0.220. The first kappa shape index (κ1) is 13.4. The zero-order chi connectivity index (χ0) is 14.1. The van der Waals surface area contributed by atoms with Gasteiger partial charge in [-0.2, -0.15) is 5.10 Å². The van der Waals surface area contributed by atoms with Crippen molar-refractivity contribution in [3.63, 3.8) is 0 Å². The Labute approximate surface area is 120 Å². The van der Waals surface area contributed by atoms with E-state index in [9.17, 15) is 5.11 Å². The molecule has 1 fully saturated rings. The molecule has 3 heteroatoms. The van der Waals surface area contributed by atoms with E-state index in [4.69, 9.17) is 0 Å². The fraction of sp³-hybridized carbons (Fsp3) is 0.471. The van der Waals surface area contributed by atoms with E-state index < -0.39 is 6.10 Å². The number of aromatic nitrogens is 2. The molecule has 0 radical (unpaired) electrons. The summed E-state index contributed by atoms with van der Waals surface area (Å²) in [6.07, 6.45) is 7.06. The molecule has 0 amide bonds.